The highest BCUT2D eigenvalue weighted by Crippen LogP contribution is 2.27. The minimum atomic E-state index is 0.165. The second-order valence-electron chi connectivity index (χ2n) is 6.81. The Morgan fingerprint density at radius 2 is 2.18 bits per heavy atom. The molecule has 0 aromatic carbocycles. The maximum atomic E-state index is 12.0. The molecular weight excluding hydrogens is 282 g/mol. The van der Waals surface area contributed by atoms with Gasteiger partial charge in [-0.25, -0.2) is 0 Å². The first-order valence-electron chi connectivity index (χ1n) is 8.72. The Morgan fingerprint density at radius 1 is 1.32 bits per heavy atom. The fraction of sp³-hybridized carbons (Fsp3) is 0.941. The maximum Gasteiger partial charge on any atom is 0.220 e. The lowest BCUT2D eigenvalue weighted by Crippen LogP contribution is -2.33. The lowest BCUT2D eigenvalue weighted by Gasteiger charge is -2.31. The van der Waals surface area contributed by atoms with Crippen molar-refractivity contribution < 1.29 is 19.0 Å². The third-order valence-electron chi connectivity index (χ3n) is 4.53. The summed E-state index contributed by atoms with van der Waals surface area (Å²) in [4.78, 5) is 12.0. The van der Waals surface area contributed by atoms with Crippen molar-refractivity contribution in [2.75, 3.05) is 33.0 Å². The Labute approximate surface area is 134 Å². The van der Waals surface area contributed by atoms with Gasteiger partial charge in [0.05, 0.1) is 18.8 Å². The van der Waals surface area contributed by atoms with E-state index in [1.807, 2.05) is 0 Å². The molecule has 1 amide bonds. The van der Waals surface area contributed by atoms with Gasteiger partial charge in [0, 0.05) is 32.8 Å². The van der Waals surface area contributed by atoms with E-state index in [9.17, 15) is 4.79 Å². The summed E-state index contributed by atoms with van der Waals surface area (Å²) in [6.45, 7) is 8.07. The Hall–Kier alpha value is -0.650. The topological polar surface area (TPSA) is 56.8 Å². The fourth-order valence-corrected chi connectivity index (χ4v) is 3.08. The van der Waals surface area contributed by atoms with Crippen molar-refractivity contribution in [2.24, 2.45) is 11.8 Å². The maximum absolute atomic E-state index is 12.0. The molecule has 1 N–H and O–H groups in total. The number of hydrogen-bond donors (Lipinski definition) is 1. The molecule has 3 atom stereocenters. The van der Waals surface area contributed by atoms with Crippen LogP contribution in [0.15, 0.2) is 0 Å². The quantitative estimate of drug-likeness (QED) is 0.698. The molecule has 22 heavy (non-hydrogen) atoms. The third-order valence-corrected chi connectivity index (χ3v) is 4.53. The van der Waals surface area contributed by atoms with Crippen LogP contribution in [-0.2, 0) is 19.0 Å². The smallest absolute Gasteiger partial charge is 0.220 e. The largest absolute Gasteiger partial charge is 0.379 e. The summed E-state index contributed by atoms with van der Waals surface area (Å²) in [7, 11) is 0. The van der Waals surface area contributed by atoms with Crippen LogP contribution in [0.4, 0.5) is 0 Å². The van der Waals surface area contributed by atoms with Crippen molar-refractivity contribution >= 4 is 5.91 Å². The lowest BCUT2D eigenvalue weighted by atomic mass is 9.88. The molecule has 5 heteroatoms. The monoisotopic (exact) mass is 313 g/mol. The van der Waals surface area contributed by atoms with Gasteiger partial charge in [-0.1, -0.05) is 13.8 Å². The van der Waals surface area contributed by atoms with Crippen LogP contribution in [0.1, 0.15) is 46.0 Å². The van der Waals surface area contributed by atoms with Crippen LogP contribution in [0.5, 0.6) is 0 Å². The summed E-state index contributed by atoms with van der Waals surface area (Å²) in [6.07, 6.45) is 5.07. The van der Waals surface area contributed by atoms with E-state index in [4.69, 9.17) is 14.2 Å². The van der Waals surface area contributed by atoms with Gasteiger partial charge in [0.25, 0.3) is 0 Å². The normalized spacial score (nSPS) is 29.0. The molecular formula is C17H31NO4. The molecule has 2 rings (SSSR count). The number of hydrogen-bond acceptors (Lipinski definition) is 4. The predicted molar refractivity (Wildman–Crippen MR) is 84.7 cm³/mol. The van der Waals surface area contributed by atoms with Gasteiger partial charge in [-0.05, 0) is 37.5 Å². The molecule has 0 saturated carbocycles. The Balaban J connectivity index is 1.51. The van der Waals surface area contributed by atoms with Crippen LogP contribution in [0.2, 0.25) is 0 Å². The van der Waals surface area contributed by atoms with Gasteiger partial charge < -0.3 is 19.5 Å². The SMILES string of the molecule is CC(C)[C@@H]1C[C@@H](CC(=O)NCCCO[C@H]2CCOC2)CCO1. The number of ether oxygens (including phenoxy) is 3. The van der Waals surface area contributed by atoms with Crippen LogP contribution in [0, 0.1) is 11.8 Å². The van der Waals surface area contributed by atoms with Crippen LogP contribution < -0.4 is 5.32 Å². The van der Waals surface area contributed by atoms with Crippen molar-refractivity contribution in [3.63, 3.8) is 0 Å². The fourth-order valence-electron chi connectivity index (χ4n) is 3.08. The standard InChI is InChI=1S/C17H31NO4/c1-13(2)16-10-14(4-9-22-16)11-17(19)18-6-3-7-21-15-5-8-20-12-15/h13-16H,3-12H2,1-2H3,(H,18,19)/t14-,15-,16-/m0/s1. The highest BCUT2D eigenvalue weighted by molar-refractivity contribution is 5.76. The molecule has 0 spiro atoms. The average molecular weight is 313 g/mol. The van der Waals surface area contributed by atoms with Crippen molar-refractivity contribution in [3.05, 3.63) is 0 Å². The van der Waals surface area contributed by atoms with Crippen molar-refractivity contribution in [1.29, 1.82) is 0 Å². The summed E-state index contributed by atoms with van der Waals surface area (Å²) < 4.78 is 16.7. The first kappa shape index (κ1) is 17.7. The first-order chi connectivity index (χ1) is 10.6. The molecule has 2 saturated heterocycles. The third kappa shape index (κ3) is 6.23. The molecule has 128 valence electrons. The zero-order valence-corrected chi connectivity index (χ0v) is 14.0. The van der Waals surface area contributed by atoms with E-state index in [0.29, 0.717) is 44.1 Å². The van der Waals surface area contributed by atoms with E-state index >= 15 is 0 Å². The molecule has 0 radical (unpaired) electrons. The van der Waals surface area contributed by atoms with Gasteiger partial charge in [-0.3, -0.25) is 4.79 Å². The zero-order valence-electron chi connectivity index (χ0n) is 14.0. The van der Waals surface area contributed by atoms with E-state index in [1.54, 1.807) is 0 Å². The Kier molecular flexibility index (Phi) is 7.63. The minimum Gasteiger partial charge on any atom is -0.379 e. The number of carbonyl (C=O) groups excluding carboxylic acids is 1. The van der Waals surface area contributed by atoms with Gasteiger partial charge in [-0.2, -0.15) is 0 Å². The molecule has 2 heterocycles. The second kappa shape index (κ2) is 9.48. The number of nitrogens with one attached hydrogen (secondary N) is 1. The van der Waals surface area contributed by atoms with E-state index in [-0.39, 0.29) is 12.0 Å². The molecule has 2 aliphatic heterocycles. The van der Waals surface area contributed by atoms with Crippen LogP contribution in [0.3, 0.4) is 0 Å². The molecule has 5 nitrogen and oxygen atoms in total. The highest BCUT2D eigenvalue weighted by Gasteiger charge is 2.26. The number of carbonyl (C=O) groups is 1. The van der Waals surface area contributed by atoms with Crippen LogP contribution >= 0.6 is 0 Å². The zero-order chi connectivity index (χ0) is 15.8. The molecule has 2 fully saturated rings. The summed E-state index contributed by atoms with van der Waals surface area (Å²) in [5, 5.41) is 3.01. The number of amides is 1. The summed E-state index contributed by atoms with van der Waals surface area (Å²) >= 11 is 0. The summed E-state index contributed by atoms with van der Waals surface area (Å²) in [6, 6.07) is 0. The van der Waals surface area contributed by atoms with Gasteiger partial charge >= 0.3 is 0 Å². The molecule has 0 aliphatic carbocycles. The van der Waals surface area contributed by atoms with E-state index < -0.39 is 0 Å². The molecule has 2 aliphatic rings. The van der Waals surface area contributed by atoms with E-state index in [0.717, 1.165) is 38.9 Å². The predicted octanol–water partition coefficient (Wildman–Crippen LogP) is 2.14. The van der Waals surface area contributed by atoms with Gasteiger partial charge in [0.2, 0.25) is 5.91 Å². The van der Waals surface area contributed by atoms with E-state index in [1.165, 1.54) is 0 Å². The highest BCUT2D eigenvalue weighted by atomic mass is 16.5. The molecule has 0 bridgehead atoms. The van der Waals surface area contributed by atoms with E-state index in [2.05, 4.69) is 19.2 Å². The average Bonchev–Trinajstić information content (AvgIpc) is 3.00. The van der Waals surface area contributed by atoms with Gasteiger partial charge in [0.15, 0.2) is 0 Å². The molecule has 0 aromatic heterocycles. The molecule has 0 unspecified atom stereocenters. The van der Waals surface area contributed by atoms with Crippen LogP contribution in [0.25, 0.3) is 0 Å². The minimum absolute atomic E-state index is 0.165. The summed E-state index contributed by atoms with van der Waals surface area (Å²) in [5.74, 6) is 1.16. The second-order valence-corrected chi connectivity index (χ2v) is 6.81. The number of rotatable bonds is 8. The Morgan fingerprint density at radius 3 is 2.91 bits per heavy atom. The Bertz CT molecular complexity index is 329. The van der Waals surface area contributed by atoms with Gasteiger partial charge in [0.1, 0.15) is 0 Å². The van der Waals surface area contributed by atoms with Gasteiger partial charge in [-0.15, -0.1) is 0 Å². The summed E-state index contributed by atoms with van der Waals surface area (Å²) in [5.41, 5.74) is 0. The van der Waals surface area contributed by atoms with Crippen molar-refractivity contribution in [3.8, 4) is 0 Å². The van der Waals surface area contributed by atoms with Crippen molar-refractivity contribution in [1.82, 2.24) is 5.32 Å². The van der Waals surface area contributed by atoms with Crippen molar-refractivity contribution in [2.45, 2.75) is 58.2 Å². The molecule has 0 aromatic rings. The van der Waals surface area contributed by atoms with Crippen LogP contribution in [-0.4, -0.2) is 51.1 Å². The lowest BCUT2D eigenvalue weighted by molar-refractivity contribution is -0.123. The first-order valence-corrected chi connectivity index (χ1v) is 8.72.